The largest absolute Gasteiger partial charge is 0.379 e. The standard InChI is InChI=1S/C14H23N3O3S/c1-11(9-16-5-7-20-8-6-16)15-13(18)3-4-17-12(2)10-21-14(17)19/h10-11H,3-9H2,1-2H3,(H,15,18)/t11-/m1/s1. The highest BCUT2D eigenvalue weighted by molar-refractivity contribution is 7.07. The summed E-state index contributed by atoms with van der Waals surface area (Å²) in [6, 6.07) is 0.107. The molecule has 0 saturated carbocycles. The van der Waals surface area contributed by atoms with Gasteiger partial charge in [-0.1, -0.05) is 11.3 Å². The summed E-state index contributed by atoms with van der Waals surface area (Å²) in [7, 11) is 0. The third kappa shape index (κ3) is 4.94. The van der Waals surface area contributed by atoms with E-state index in [2.05, 4.69) is 10.2 Å². The van der Waals surface area contributed by atoms with Gasteiger partial charge in [0.1, 0.15) is 0 Å². The van der Waals surface area contributed by atoms with Crippen LogP contribution in [-0.4, -0.2) is 54.3 Å². The van der Waals surface area contributed by atoms with Gasteiger partial charge in [0.2, 0.25) is 5.91 Å². The molecular formula is C14H23N3O3S. The quantitative estimate of drug-likeness (QED) is 0.828. The number of hydrogen-bond donors (Lipinski definition) is 1. The number of aryl methyl sites for hydroxylation is 1. The van der Waals surface area contributed by atoms with Gasteiger partial charge in [0.15, 0.2) is 0 Å². The minimum Gasteiger partial charge on any atom is -0.379 e. The van der Waals surface area contributed by atoms with Crippen LogP contribution in [0.5, 0.6) is 0 Å². The summed E-state index contributed by atoms with van der Waals surface area (Å²) in [5.41, 5.74) is 0.916. The van der Waals surface area contributed by atoms with Crippen molar-refractivity contribution in [1.82, 2.24) is 14.8 Å². The summed E-state index contributed by atoms with van der Waals surface area (Å²) in [5.74, 6) is -0.00624. The van der Waals surface area contributed by atoms with E-state index in [0.717, 1.165) is 38.5 Å². The molecule has 1 aliphatic rings. The van der Waals surface area contributed by atoms with Gasteiger partial charge in [0.25, 0.3) is 0 Å². The Morgan fingerprint density at radius 2 is 2.19 bits per heavy atom. The zero-order valence-electron chi connectivity index (χ0n) is 12.6. The van der Waals surface area contributed by atoms with Crippen molar-refractivity contribution >= 4 is 17.2 Å². The second-order valence-corrected chi connectivity index (χ2v) is 6.25. The number of aromatic nitrogens is 1. The molecule has 2 heterocycles. The Bertz CT molecular complexity index is 520. The van der Waals surface area contributed by atoms with E-state index in [9.17, 15) is 9.59 Å². The van der Waals surface area contributed by atoms with Crippen molar-refractivity contribution in [2.45, 2.75) is 32.9 Å². The maximum absolute atomic E-state index is 11.9. The number of carbonyl (C=O) groups is 1. The lowest BCUT2D eigenvalue weighted by Gasteiger charge is -2.29. The number of amides is 1. The lowest BCUT2D eigenvalue weighted by atomic mass is 10.2. The molecule has 6 nitrogen and oxygen atoms in total. The van der Waals surface area contributed by atoms with Gasteiger partial charge in [-0.25, -0.2) is 0 Å². The zero-order valence-corrected chi connectivity index (χ0v) is 13.4. The number of ether oxygens (including phenoxy) is 1. The molecule has 1 amide bonds. The number of carbonyl (C=O) groups excluding carboxylic acids is 1. The fourth-order valence-electron chi connectivity index (χ4n) is 2.45. The third-order valence-electron chi connectivity index (χ3n) is 3.58. The smallest absolute Gasteiger partial charge is 0.307 e. The Hall–Kier alpha value is -1.18. The van der Waals surface area contributed by atoms with Crippen LogP contribution in [0.1, 0.15) is 19.0 Å². The Balaban J connectivity index is 1.72. The fraction of sp³-hybridized carbons (Fsp3) is 0.714. The molecule has 0 bridgehead atoms. The van der Waals surface area contributed by atoms with Crippen LogP contribution in [0.2, 0.25) is 0 Å². The molecule has 1 aromatic rings. The van der Waals surface area contributed by atoms with Gasteiger partial charge < -0.3 is 14.6 Å². The predicted molar refractivity (Wildman–Crippen MR) is 82.8 cm³/mol. The fourth-order valence-corrected chi connectivity index (χ4v) is 3.21. The highest BCUT2D eigenvalue weighted by Crippen LogP contribution is 2.02. The average Bonchev–Trinajstić information content (AvgIpc) is 2.77. The Kier molecular flexibility index (Phi) is 5.96. The van der Waals surface area contributed by atoms with E-state index in [1.54, 1.807) is 4.57 Å². The molecule has 0 unspecified atom stereocenters. The van der Waals surface area contributed by atoms with Crippen molar-refractivity contribution in [1.29, 1.82) is 0 Å². The van der Waals surface area contributed by atoms with Crippen molar-refractivity contribution < 1.29 is 9.53 Å². The molecule has 118 valence electrons. The second-order valence-electron chi connectivity index (χ2n) is 5.43. The SMILES string of the molecule is Cc1csc(=O)n1CCC(=O)N[C@H](C)CN1CCOCC1. The molecule has 2 rings (SSSR count). The van der Waals surface area contributed by atoms with Crippen molar-refractivity contribution in [3.8, 4) is 0 Å². The van der Waals surface area contributed by atoms with Gasteiger partial charge >= 0.3 is 4.87 Å². The molecular weight excluding hydrogens is 290 g/mol. The Morgan fingerprint density at radius 3 is 2.81 bits per heavy atom. The highest BCUT2D eigenvalue weighted by Gasteiger charge is 2.15. The first kappa shape index (κ1) is 16.2. The summed E-state index contributed by atoms with van der Waals surface area (Å²) >= 11 is 1.18. The van der Waals surface area contributed by atoms with Gasteiger partial charge in [-0.05, 0) is 13.8 Å². The summed E-state index contributed by atoms with van der Waals surface area (Å²) in [5, 5.41) is 4.82. The summed E-state index contributed by atoms with van der Waals surface area (Å²) in [6.07, 6.45) is 0.338. The Morgan fingerprint density at radius 1 is 1.48 bits per heavy atom. The van der Waals surface area contributed by atoms with Crippen LogP contribution in [-0.2, 0) is 16.1 Å². The van der Waals surface area contributed by atoms with Gasteiger partial charge in [0, 0.05) is 49.7 Å². The molecule has 0 spiro atoms. The summed E-state index contributed by atoms with van der Waals surface area (Å²) < 4.78 is 6.95. The minimum absolute atomic E-state index is 0.00154. The van der Waals surface area contributed by atoms with Gasteiger partial charge in [-0.15, -0.1) is 0 Å². The van der Waals surface area contributed by atoms with Crippen LogP contribution in [0.3, 0.4) is 0 Å². The molecule has 1 atom stereocenters. The monoisotopic (exact) mass is 313 g/mol. The maximum atomic E-state index is 11.9. The van der Waals surface area contributed by atoms with Gasteiger partial charge in [0.05, 0.1) is 13.2 Å². The minimum atomic E-state index is -0.00624. The molecule has 1 N–H and O–H groups in total. The average molecular weight is 313 g/mol. The van der Waals surface area contributed by atoms with Crippen molar-refractivity contribution in [3.05, 3.63) is 20.7 Å². The summed E-state index contributed by atoms with van der Waals surface area (Å²) in [6.45, 7) is 8.55. The van der Waals surface area contributed by atoms with Crippen LogP contribution in [0, 0.1) is 6.92 Å². The zero-order chi connectivity index (χ0) is 15.2. The van der Waals surface area contributed by atoms with E-state index in [4.69, 9.17) is 4.74 Å². The number of hydrogen-bond acceptors (Lipinski definition) is 5. The van der Waals surface area contributed by atoms with Crippen LogP contribution in [0.4, 0.5) is 0 Å². The van der Waals surface area contributed by atoms with E-state index in [1.165, 1.54) is 11.3 Å². The topological polar surface area (TPSA) is 63.6 Å². The molecule has 1 aliphatic heterocycles. The lowest BCUT2D eigenvalue weighted by Crippen LogP contribution is -2.46. The molecule has 1 aromatic heterocycles. The van der Waals surface area contributed by atoms with Gasteiger partial charge in [-0.2, -0.15) is 0 Å². The first-order valence-electron chi connectivity index (χ1n) is 7.30. The lowest BCUT2D eigenvalue weighted by molar-refractivity contribution is -0.122. The first-order chi connectivity index (χ1) is 10.1. The molecule has 21 heavy (non-hydrogen) atoms. The number of morpholine rings is 1. The normalized spacial score (nSPS) is 17.6. The maximum Gasteiger partial charge on any atom is 0.307 e. The van der Waals surface area contributed by atoms with E-state index in [-0.39, 0.29) is 16.8 Å². The predicted octanol–water partition coefficient (Wildman–Crippen LogP) is 0.445. The molecule has 0 aliphatic carbocycles. The van der Waals surface area contributed by atoms with Crippen LogP contribution >= 0.6 is 11.3 Å². The van der Waals surface area contributed by atoms with E-state index in [1.807, 2.05) is 19.2 Å². The molecule has 7 heteroatoms. The van der Waals surface area contributed by atoms with Crippen molar-refractivity contribution in [2.24, 2.45) is 0 Å². The number of thiazole rings is 1. The van der Waals surface area contributed by atoms with Crippen LogP contribution in [0.25, 0.3) is 0 Å². The highest BCUT2D eigenvalue weighted by atomic mass is 32.1. The van der Waals surface area contributed by atoms with E-state index < -0.39 is 0 Å². The third-order valence-corrected chi connectivity index (χ3v) is 4.46. The molecule has 1 fully saturated rings. The van der Waals surface area contributed by atoms with Crippen LogP contribution < -0.4 is 10.2 Å². The van der Waals surface area contributed by atoms with Crippen LogP contribution in [0.15, 0.2) is 10.2 Å². The second kappa shape index (κ2) is 7.72. The molecule has 1 saturated heterocycles. The van der Waals surface area contributed by atoms with Crippen molar-refractivity contribution in [3.63, 3.8) is 0 Å². The number of rotatable bonds is 6. The first-order valence-corrected chi connectivity index (χ1v) is 8.18. The van der Waals surface area contributed by atoms with E-state index >= 15 is 0 Å². The number of nitrogens with zero attached hydrogens (tertiary/aromatic N) is 2. The Labute approximate surface area is 128 Å². The van der Waals surface area contributed by atoms with Crippen molar-refractivity contribution in [2.75, 3.05) is 32.8 Å². The van der Waals surface area contributed by atoms with E-state index in [0.29, 0.717) is 13.0 Å². The number of nitrogens with one attached hydrogen (secondary N) is 1. The molecule has 0 radical (unpaired) electrons. The van der Waals surface area contributed by atoms with Gasteiger partial charge in [-0.3, -0.25) is 14.5 Å². The molecule has 0 aromatic carbocycles. The summed E-state index contributed by atoms with van der Waals surface area (Å²) in [4.78, 5) is 25.8.